The molecule has 1 heterocycles. The molecule has 25 heavy (non-hydrogen) atoms. The Hall–Kier alpha value is -2.34. The Kier molecular flexibility index (Phi) is 5.71. The summed E-state index contributed by atoms with van der Waals surface area (Å²) in [6.45, 7) is 0.733. The normalized spacial score (nSPS) is 20.2. The van der Waals surface area contributed by atoms with Gasteiger partial charge in [-0.25, -0.2) is 9.78 Å². The number of aliphatic hydroxyl groups is 1. The molecular weight excluding hydrogens is 316 g/mol. The Labute approximate surface area is 148 Å². The van der Waals surface area contributed by atoms with Crippen molar-refractivity contribution in [2.45, 2.75) is 38.3 Å². The van der Waals surface area contributed by atoms with E-state index in [1.54, 1.807) is 12.5 Å². The first kappa shape index (κ1) is 17.5. The van der Waals surface area contributed by atoms with Crippen molar-refractivity contribution in [3.8, 4) is 5.69 Å². The highest BCUT2D eigenvalue weighted by Crippen LogP contribution is 2.26. The summed E-state index contributed by atoms with van der Waals surface area (Å²) in [5.74, 6) is 0.398. The first-order valence-corrected chi connectivity index (χ1v) is 8.86. The zero-order chi connectivity index (χ0) is 17.6. The van der Waals surface area contributed by atoms with Gasteiger partial charge in [0.2, 0.25) is 0 Å². The van der Waals surface area contributed by atoms with Crippen molar-refractivity contribution in [2.24, 2.45) is 5.92 Å². The molecule has 0 unspecified atom stereocenters. The average Bonchev–Trinajstić information content (AvgIpc) is 3.20. The van der Waals surface area contributed by atoms with Gasteiger partial charge in [-0.2, -0.15) is 0 Å². The van der Waals surface area contributed by atoms with Crippen molar-refractivity contribution in [1.29, 1.82) is 0 Å². The van der Waals surface area contributed by atoms with Crippen LogP contribution in [0.2, 0.25) is 0 Å². The molecule has 0 atom stereocenters. The van der Waals surface area contributed by atoms with Crippen LogP contribution in [0, 0.1) is 5.92 Å². The van der Waals surface area contributed by atoms with Crippen LogP contribution in [0.4, 0.5) is 4.79 Å². The van der Waals surface area contributed by atoms with Gasteiger partial charge in [-0.15, -0.1) is 0 Å². The lowest BCUT2D eigenvalue weighted by Crippen LogP contribution is -2.45. The highest BCUT2D eigenvalue weighted by molar-refractivity contribution is 5.74. The van der Waals surface area contributed by atoms with E-state index in [9.17, 15) is 9.90 Å². The number of carbonyl (C=O) groups is 1. The standard InChI is InChI=1S/C19H26N4O2/c1-22(17-8-6-15(13-24)7-9-17)19(25)21-12-16-4-2-3-5-18(16)23-11-10-20-14-23/h2-5,10-11,14-15,17,24H,6-9,12-13H2,1H3,(H,21,25). The van der Waals surface area contributed by atoms with E-state index in [1.165, 1.54) is 0 Å². The summed E-state index contributed by atoms with van der Waals surface area (Å²) in [6, 6.07) is 8.19. The number of imidazole rings is 1. The molecule has 2 aromatic rings. The van der Waals surface area contributed by atoms with E-state index in [0.717, 1.165) is 36.9 Å². The first-order valence-electron chi connectivity index (χ1n) is 8.86. The Morgan fingerprint density at radius 2 is 2.08 bits per heavy atom. The number of aliphatic hydroxyl groups excluding tert-OH is 1. The van der Waals surface area contributed by atoms with Crippen LogP contribution >= 0.6 is 0 Å². The Morgan fingerprint density at radius 1 is 1.32 bits per heavy atom. The summed E-state index contributed by atoms with van der Waals surface area (Å²) >= 11 is 0. The number of rotatable bonds is 5. The lowest BCUT2D eigenvalue weighted by molar-refractivity contribution is 0.134. The topological polar surface area (TPSA) is 70.4 Å². The number of hydrogen-bond acceptors (Lipinski definition) is 3. The number of aromatic nitrogens is 2. The van der Waals surface area contributed by atoms with Crippen LogP contribution in [0.5, 0.6) is 0 Å². The van der Waals surface area contributed by atoms with Gasteiger partial charge in [-0.05, 0) is 43.2 Å². The summed E-state index contributed by atoms with van der Waals surface area (Å²) < 4.78 is 1.95. The molecule has 0 radical (unpaired) electrons. The Morgan fingerprint density at radius 3 is 2.76 bits per heavy atom. The molecule has 0 spiro atoms. The predicted molar refractivity (Wildman–Crippen MR) is 96.4 cm³/mol. The van der Waals surface area contributed by atoms with Crippen molar-refractivity contribution in [2.75, 3.05) is 13.7 Å². The van der Waals surface area contributed by atoms with Crippen molar-refractivity contribution in [1.82, 2.24) is 19.8 Å². The molecule has 0 saturated heterocycles. The van der Waals surface area contributed by atoms with Crippen LogP contribution in [-0.4, -0.2) is 45.3 Å². The SMILES string of the molecule is CN(C(=O)NCc1ccccc1-n1ccnc1)C1CCC(CO)CC1. The van der Waals surface area contributed by atoms with E-state index in [0.29, 0.717) is 12.5 Å². The van der Waals surface area contributed by atoms with Gasteiger partial charge in [0.1, 0.15) is 0 Å². The molecule has 2 N–H and O–H groups in total. The number of urea groups is 1. The zero-order valence-electron chi connectivity index (χ0n) is 14.6. The molecule has 3 rings (SSSR count). The number of nitrogens with one attached hydrogen (secondary N) is 1. The first-order chi connectivity index (χ1) is 12.2. The fraction of sp³-hybridized carbons (Fsp3) is 0.474. The third-order valence-corrected chi connectivity index (χ3v) is 5.15. The molecule has 1 aromatic heterocycles. The average molecular weight is 342 g/mol. The van der Waals surface area contributed by atoms with Crippen LogP contribution in [0.25, 0.3) is 5.69 Å². The second-order valence-corrected chi connectivity index (χ2v) is 6.73. The molecule has 1 fully saturated rings. The minimum absolute atomic E-state index is 0.0483. The quantitative estimate of drug-likeness (QED) is 0.877. The van der Waals surface area contributed by atoms with E-state index >= 15 is 0 Å². The van der Waals surface area contributed by atoms with E-state index in [-0.39, 0.29) is 18.7 Å². The largest absolute Gasteiger partial charge is 0.396 e. The van der Waals surface area contributed by atoms with Crippen LogP contribution in [0.3, 0.4) is 0 Å². The number of para-hydroxylation sites is 1. The fourth-order valence-corrected chi connectivity index (χ4v) is 3.49. The second-order valence-electron chi connectivity index (χ2n) is 6.73. The Balaban J connectivity index is 1.58. The highest BCUT2D eigenvalue weighted by Gasteiger charge is 2.26. The summed E-state index contributed by atoms with van der Waals surface area (Å²) in [5.41, 5.74) is 2.07. The number of nitrogens with zero attached hydrogens (tertiary/aromatic N) is 3. The van der Waals surface area contributed by atoms with Crippen molar-refractivity contribution in [3.05, 3.63) is 48.5 Å². The molecule has 6 heteroatoms. The van der Waals surface area contributed by atoms with E-state index in [2.05, 4.69) is 10.3 Å². The van der Waals surface area contributed by atoms with Gasteiger partial charge >= 0.3 is 6.03 Å². The molecule has 6 nitrogen and oxygen atoms in total. The fourth-order valence-electron chi connectivity index (χ4n) is 3.49. The lowest BCUT2D eigenvalue weighted by Gasteiger charge is -2.34. The van der Waals surface area contributed by atoms with Gasteiger partial charge < -0.3 is 19.9 Å². The van der Waals surface area contributed by atoms with Crippen LogP contribution in [-0.2, 0) is 6.54 Å². The number of benzene rings is 1. The van der Waals surface area contributed by atoms with E-state index < -0.39 is 0 Å². The molecule has 2 amide bonds. The van der Waals surface area contributed by atoms with Gasteiger partial charge in [-0.1, -0.05) is 18.2 Å². The monoisotopic (exact) mass is 342 g/mol. The summed E-state index contributed by atoms with van der Waals surface area (Å²) in [6.07, 6.45) is 9.29. The van der Waals surface area contributed by atoms with Gasteiger partial charge in [0.05, 0.1) is 12.0 Å². The minimum Gasteiger partial charge on any atom is -0.396 e. The van der Waals surface area contributed by atoms with Crippen LogP contribution < -0.4 is 5.32 Å². The van der Waals surface area contributed by atoms with Crippen molar-refractivity contribution < 1.29 is 9.90 Å². The molecule has 1 aliphatic rings. The maximum atomic E-state index is 12.5. The maximum absolute atomic E-state index is 12.5. The summed E-state index contributed by atoms with van der Waals surface area (Å²) in [7, 11) is 1.86. The number of carbonyl (C=O) groups excluding carboxylic acids is 1. The maximum Gasteiger partial charge on any atom is 0.317 e. The molecule has 1 aromatic carbocycles. The van der Waals surface area contributed by atoms with Gasteiger partial charge in [0.15, 0.2) is 0 Å². The number of amides is 2. The number of hydrogen-bond donors (Lipinski definition) is 2. The second kappa shape index (κ2) is 8.16. The minimum atomic E-state index is -0.0483. The summed E-state index contributed by atoms with van der Waals surface area (Å²) in [4.78, 5) is 18.4. The van der Waals surface area contributed by atoms with Gasteiger partial charge in [0.25, 0.3) is 0 Å². The zero-order valence-corrected chi connectivity index (χ0v) is 14.6. The molecule has 0 bridgehead atoms. The van der Waals surface area contributed by atoms with Crippen molar-refractivity contribution >= 4 is 6.03 Å². The van der Waals surface area contributed by atoms with Crippen LogP contribution in [0.1, 0.15) is 31.2 Å². The Bertz CT molecular complexity index is 678. The molecule has 0 aliphatic heterocycles. The molecule has 134 valence electrons. The molecule has 1 saturated carbocycles. The van der Waals surface area contributed by atoms with Gasteiger partial charge in [0, 0.05) is 38.6 Å². The van der Waals surface area contributed by atoms with Crippen LogP contribution in [0.15, 0.2) is 43.0 Å². The smallest absolute Gasteiger partial charge is 0.317 e. The third-order valence-electron chi connectivity index (χ3n) is 5.15. The van der Waals surface area contributed by atoms with E-state index in [4.69, 9.17) is 0 Å². The molecular formula is C19H26N4O2. The summed E-state index contributed by atoms with van der Waals surface area (Å²) in [5, 5.41) is 12.3. The lowest BCUT2D eigenvalue weighted by atomic mass is 9.86. The van der Waals surface area contributed by atoms with E-state index in [1.807, 2.05) is 47.0 Å². The van der Waals surface area contributed by atoms with Crippen molar-refractivity contribution in [3.63, 3.8) is 0 Å². The highest BCUT2D eigenvalue weighted by atomic mass is 16.3. The molecule has 1 aliphatic carbocycles. The predicted octanol–water partition coefficient (Wildman–Crippen LogP) is 2.56. The third kappa shape index (κ3) is 4.20. The van der Waals surface area contributed by atoms with Gasteiger partial charge in [-0.3, -0.25) is 0 Å².